The fourth-order valence-electron chi connectivity index (χ4n) is 1.47. The molecule has 0 amide bonds. The van der Waals surface area contributed by atoms with Crippen LogP contribution in [0.25, 0.3) is 0 Å². The molecule has 1 aromatic rings. The van der Waals surface area contributed by atoms with Gasteiger partial charge in [0.1, 0.15) is 5.82 Å². The van der Waals surface area contributed by atoms with Crippen molar-refractivity contribution in [2.45, 2.75) is 19.9 Å². The summed E-state index contributed by atoms with van der Waals surface area (Å²) >= 11 is 5.39. The van der Waals surface area contributed by atoms with Crippen molar-refractivity contribution >= 4 is 33.0 Å². The first-order valence-electron chi connectivity index (χ1n) is 5.85. The summed E-state index contributed by atoms with van der Waals surface area (Å²) in [4.78, 5) is 1.77. The molecular formula is C12H18ClFN2O2S. The molecule has 0 heterocycles. The predicted octanol–water partition coefficient (Wildman–Crippen LogP) is 2.65. The van der Waals surface area contributed by atoms with Crippen LogP contribution in [0.4, 0.5) is 15.8 Å². The average molecular weight is 309 g/mol. The first-order valence-corrected chi connectivity index (χ1v) is 8.04. The Morgan fingerprint density at radius 3 is 2.53 bits per heavy atom. The maximum Gasteiger partial charge on any atom is 0.233 e. The highest BCUT2D eigenvalue weighted by atomic mass is 35.5. The van der Waals surface area contributed by atoms with Gasteiger partial charge in [-0.25, -0.2) is 12.8 Å². The van der Waals surface area contributed by atoms with Crippen LogP contribution in [0.15, 0.2) is 18.2 Å². The Balaban J connectivity index is 2.95. The van der Waals surface area contributed by atoms with Gasteiger partial charge < -0.3 is 4.90 Å². The van der Waals surface area contributed by atoms with Crippen LogP contribution in [-0.2, 0) is 10.0 Å². The maximum atomic E-state index is 13.9. The van der Waals surface area contributed by atoms with Crippen molar-refractivity contribution in [2.75, 3.05) is 28.3 Å². The van der Waals surface area contributed by atoms with E-state index in [1.165, 1.54) is 12.1 Å². The molecule has 4 nitrogen and oxygen atoms in total. The summed E-state index contributed by atoms with van der Waals surface area (Å²) in [5.74, 6) is -0.683. The third-order valence-electron chi connectivity index (χ3n) is 2.72. The summed E-state index contributed by atoms with van der Waals surface area (Å²) in [6, 6.07) is 4.39. The van der Waals surface area contributed by atoms with Gasteiger partial charge in [0.05, 0.1) is 17.1 Å². The Bertz CT molecular complexity index is 535. The Morgan fingerprint density at radius 2 is 2.05 bits per heavy atom. The fourth-order valence-corrected chi connectivity index (χ4v) is 2.87. The zero-order valence-electron chi connectivity index (χ0n) is 11.2. The lowest BCUT2D eigenvalue weighted by Crippen LogP contribution is -2.26. The topological polar surface area (TPSA) is 49.4 Å². The molecule has 1 aromatic carbocycles. The predicted molar refractivity (Wildman–Crippen MR) is 78.1 cm³/mol. The van der Waals surface area contributed by atoms with Gasteiger partial charge in [-0.3, -0.25) is 4.72 Å². The SMILES string of the molecule is CC(C)N(C)c1ccc(NS(=O)(=O)CCCl)cc1F. The van der Waals surface area contributed by atoms with Crippen LogP contribution in [0.2, 0.25) is 0 Å². The second-order valence-electron chi connectivity index (χ2n) is 4.48. The zero-order valence-corrected chi connectivity index (χ0v) is 12.7. The normalized spacial score (nSPS) is 11.7. The van der Waals surface area contributed by atoms with Crippen LogP contribution in [0.3, 0.4) is 0 Å². The highest BCUT2D eigenvalue weighted by molar-refractivity contribution is 7.92. The van der Waals surface area contributed by atoms with Crippen molar-refractivity contribution in [2.24, 2.45) is 0 Å². The molecule has 0 unspecified atom stereocenters. The Labute approximate surface area is 118 Å². The molecule has 7 heteroatoms. The minimum atomic E-state index is -3.51. The van der Waals surface area contributed by atoms with E-state index in [1.807, 2.05) is 13.8 Å². The van der Waals surface area contributed by atoms with Gasteiger partial charge in [0.2, 0.25) is 10.0 Å². The lowest BCUT2D eigenvalue weighted by atomic mass is 10.2. The van der Waals surface area contributed by atoms with E-state index in [4.69, 9.17) is 11.6 Å². The Kier molecular flexibility index (Phi) is 5.43. The van der Waals surface area contributed by atoms with Gasteiger partial charge in [-0.2, -0.15) is 0 Å². The third-order valence-corrected chi connectivity index (χ3v) is 4.42. The summed E-state index contributed by atoms with van der Waals surface area (Å²) in [6.07, 6.45) is 0. The minimum absolute atomic E-state index is 0.00795. The molecule has 0 aromatic heterocycles. The van der Waals surface area contributed by atoms with E-state index < -0.39 is 15.8 Å². The summed E-state index contributed by atoms with van der Waals surface area (Å²) in [5, 5.41) is 0. The number of sulfonamides is 1. The lowest BCUT2D eigenvalue weighted by Gasteiger charge is -2.24. The molecule has 0 atom stereocenters. The van der Waals surface area contributed by atoms with E-state index in [1.54, 1.807) is 18.0 Å². The van der Waals surface area contributed by atoms with E-state index in [9.17, 15) is 12.8 Å². The summed E-state index contributed by atoms with van der Waals surface area (Å²) < 4.78 is 39.2. The molecule has 1 rings (SSSR count). The standard InChI is InChI=1S/C12H18ClFN2O2S/c1-9(2)16(3)12-5-4-10(8-11(12)14)15-19(17,18)7-6-13/h4-5,8-9,15H,6-7H2,1-3H3. The molecule has 0 aliphatic rings. The molecule has 108 valence electrons. The van der Waals surface area contributed by atoms with Gasteiger partial charge in [-0.05, 0) is 26.0 Å². The quantitative estimate of drug-likeness (QED) is 0.822. The van der Waals surface area contributed by atoms with Crippen molar-refractivity contribution < 1.29 is 12.8 Å². The molecule has 0 saturated heterocycles. The lowest BCUT2D eigenvalue weighted by molar-refractivity contribution is 0.602. The van der Waals surface area contributed by atoms with E-state index in [2.05, 4.69) is 4.72 Å². The highest BCUT2D eigenvalue weighted by Gasteiger charge is 2.14. The molecule has 0 radical (unpaired) electrons. The smallest absolute Gasteiger partial charge is 0.233 e. The van der Waals surface area contributed by atoms with Crippen LogP contribution < -0.4 is 9.62 Å². The number of anilines is 2. The average Bonchev–Trinajstić information content (AvgIpc) is 2.27. The van der Waals surface area contributed by atoms with Gasteiger partial charge in [0, 0.05) is 25.0 Å². The summed E-state index contributed by atoms with van der Waals surface area (Å²) in [7, 11) is -1.73. The number of alkyl halides is 1. The first kappa shape index (κ1) is 16.0. The third kappa shape index (κ3) is 4.54. The number of rotatable bonds is 6. The maximum absolute atomic E-state index is 13.9. The van der Waals surface area contributed by atoms with Gasteiger partial charge in [-0.15, -0.1) is 11.6 Å². The van der Waals surface area contributed by atoms with Gasteiger partial charge in [0.25, 0.3) is 0 Å². The number of nitrogens with zero attached hydrogens (tertiary/aromatic N) is 1. The first-order chi connectivity index (χ1) is 8.76. The monoisotopic (exact) mass is 308 g/mol. The molecule has 0 saturated carbocycles. The number of benzene rings is 1. The van der Waals surface area contributed by atoms with E-state index in [0.717, 1.165) is 0 Å². The Morgan fingerprint density at radius 1 is 1.42 bits per heavy atom. The second kappa shape index (κ2) is 6.43. The van der Waals surface area contributed by atoms with Crippen molar-refractivity contribution in [1.29, 1.82) is 0 Å². The summed E-state index contributed by atoms with van der Waals surface area (Å²) in [5.41, 5.74) is 0.624. The van der Waals surface area contributed by atoms with E-state index in [0.29, 0.717) is 5.69 Å². The minimum Gasteiger partial charge on any atom is -0.370 e. The molecule has 0 aliphatic heterocycles. The van der Waals surface area contributed by atoms with Crippen molar-refractivity contribution in [1.82, 2.24) is 0 Å². The number of nitrogens with one attached hydrogen (secondary N) is 1. The Hall–Kier alpha value is -1.01. The molecule has 0 fully saturated rings. The van der Waals surface area contributed by atoms with Crippen molar-refractivity contribution in [3.63, 3.8) is 0 Å². The van der Waals surface area contributed by atoms with Gasteiger partial charge in [-0.1, -0.05) is 0 Å². The second-order valence-corrected chi connectivity index (χ2v) is 6.70. The largest absolute Gasteiger partial charge is 0.370 e. The van der Waals surface area contributed by atoms with Crippen molar-refractivity contribution in [3.8, 4) is 0 Å². The zero-order chi connectivity index (χ0) is 14.6. The van der Waals surface area contributed by atoms with Crippen LogP contribution in [0.1, 0.15) is 13.8 Å². The van der Waals surface area contributed by atoms with Gasteiger partial charge >= 0.3 is 0 Å². The molecule has 0 bridgehead atoms. The van der Waals surface area contributed by atoms with Crippen LogP contribution in [0, 0.1) is 5.82 Å². The van der Waals surface area contributed by atoms with Crippen LogP contribution in [0.5, 0.6) is 0 Å². The molecule has 1 N–H and O–H groups in total. The number of halogens is 2. The van der Waals surface area contributed by atoms with Crippen LogP contribution >= 0.6 is 11.6 Å². The number of hydrogen-bond donors (Lipinski definition) is 1. The fraction of sp³-hybridized carbons (Fsp3) is 0.500. The van der Waals surface area contributed by atoms with Crippen molar-refractivity contribution in [3.05, 3.63) is 24.0 Å². The highest BCUT2D eigenvalue weighted by Crippen LogP contribution is 2.23. The molecule has 0 spiro atoms. The number of hydrogen-bond acceptors (Lipinski definition) is 3. The van der Waals surface area contributed by atoms with Gasteiger partial charge in [0.15, 0.2) is 0 Å². The molecule has 0 aliphatic carbocycles. The van der Waals surface area contributed by atoms with E-state index in [-0.39, 0.29) is 23.4 Å². The molecule has 19 heavy (non-hydrogen) atoms. The summed E-state index contributed by atoms with van der Waals surface area (Å²) in [6.45, 7) is 3.88. The van der Waals surface area contributed by atoms with E-state index >= 15 is 0 Å². The van der Waals surface area contributed by atoms with Crippen LogP contribution in [-0.4, -0.2) is 33.1 Å². The molecular weight excluding hydrogens is 291 g/mol.